The zero-order valence-electron chi connectivity index (χ0n) is 16.1. The smallest absolute Gasteiger partial charge is 0.220 e. The maximum atomic E-state index is 12.4. The number of aromatic nitrogens is 3. The number of morpholine rings is 1. The molecule has 2 aromatic heterocycles. The maximum Gasteiger partial charge on any atom is 0.220 e. The molecule has 7 nitrogen and oxygen atoms in total. The highest BCUT2D eigenvalue weighted by atomic mass is 16.5. The molecule has 146 valence electrons. The average molecular weight is 379 g/mol. The van der Waals surface area contributed by atoms with Gasteiger partial charge in [0.05, 0.1) is 24.2 Å². The lowest BCUT2D eigenvalue weighted by atomic mass is 10.2. The highest BCUT2D eigenvalue weighted by Crippen LogP contribution is 2.19. The standard InChI is InChI=1S/C21H25N5O2/c1-15-4-2-6-17-20(15)25-18(24-17)7-8-19(27)23-14-16-5-3-9-22-21(16)26-10-12-28-13-11-26/h2-6,9H,7-8,10-14H2,1H3,(H,23,27)(H,24,25). The number of carbonyl (C=O) groups excluding carboxylic acids is 1. The van der Waals surface area contributed by atoms with Crippen LogP contribution in [0.2, 0.25) is 0 Å². The van der Waals surface area contributed by atoms with Crippen molar-refractivity contribution in [2.24, 2.45) is 0 Å². The van der Waals surface area contributed by atoms with Crippen LogP contribution in [0.5, 0.6) is 0 Å². The molecule has 0 unspecified atom stereocenters. The summed E-state index contributed by atoms with van der Waals surface area (Å²) in [5, 5.41) is 3.02. The Balaban J connectivity index is 1.34. The number of benzene rings is 1. The quantitative estimate of drug-likeness (QED) is 0.687. The van der Waals surface area contributed by atoms with E-state index in [9.17, 15) is 4.79 Å². The van der Waals surface area contributed by atoms with Crippen LogP contribution in [0.1, 0.15) is 23.4 Å². The summed E-state index contributed by atoms with van der Waals surface area (Å²) in [5.41, 5.74) is 4.15. The summed E-state index contributed by atoms with van der Waals surface area (Å²) in [5.74, 6) is 1.78. The Morgan fingerprint density at radius 1 is 1.25 bits per heavy atom. The second-order valence-corrected chi connectivity index (χ2v) is 7.02. The molecule has 0 atom stereocenters. The Kier molecular flexibility index (Phi) is 5.53. The van der Waals surface area contributed by atoms with Crippen molar-refractivity contribution in [3.8, 4) is 0 Å². The molecule has 7 heteroatoms. The highest BCUT2D eigenvalue weighted by molar-refractivity contribution is 5.79. The van der Waals surface area contributed by atoms with Crippen molar-refractivity contribution in [3.63, 3.8) is 0 Å². The molecule has 1 aliphatic rings. The molecule has 3 heterocycles. The van der Waals surface area contributed by atoms with Crippen LogP contribution in [0.3, 0.4) is 0 Å². The fourth-order valence-electron chi connectivity index (χ4n) is 3.49. The first kappa shape index (κ1) is 18.4. The van der Waals surface area contributed by atoms with Gasteiger partial charge in [-0.1, -0.05) is 18.2 Å². The largest absolute Gasteiger partial charge is 0.378 e. The number of pyridine rings is 1. The summed E-state index contributed by atoms with van der Waals surface area (Å²) in [6, 6.07) is 9.97. The number of para-hydroxylation sites is 1. The number of amides is 1. The van der Waals surface area contributed by atoms with Crippen molar-refractivity contribution in [2.75, 3.05) is 31.2 Å². The number of nitrogens with zero attached hydrogens (tertiary/aromatic N) is 3. The number of carbonyl (C=O) groups is 1. The number of H-pyrrole nitrogens is 1. The molecule has 0 radical (unpaired) electrons. The van der Waals surface area contributed by atoms with E-state index in [1.807, 2.05) is 37.3 Å². The lowest BCUT2D eigenvalue weighted by molar-refractivity contribution is -0.121. The summed E-state index contributed by atoms with van der Waals surface area (Å²) >= 11 is 0. The van der Waals surface area contributed by atoms with Gasteiger partial charge in [0.25, 0.3) is 0 Å². The highest BCUT2D eigenvalue weighted by Gasteiger charge is 2.16. The van der Waals surface area contributed by atoms with Crippen molar-refractivity contribution in [1.82, 2.24) is 20.3 Å². The van der Waals surface area contributed by atoms with Gasteiger partial charge in [-0.2, -0.15) is 0 Å². The van der Waals surface area contributed by atoms with Gasteiger partial charge in [-0.3, -0.25) is 4.79 Å². The van der Waals surface area contributed by atoms with Crippen LogP contribution in [-0.4, -0.2) is 47.2 Å². The van der Waals surface area contributed by atoms with Crippen LogP contribution in [0.4, 0.5) is 5.82 Å². The molecule has 0 bridgehead atoms. The van der Waals surface area contributed by atoms with Crippen molar-refractivity contribution in [1.29, 1.82) is 0 Å². The lowest BCUT2D eigenvalue weighted by Crippen LogP contribution is -2.37. The van der Waals surface area contributed by atoms with Gasteiger partial charge in [0.2, 0.25) is 5.91 Å². The molecule has 1 amide bonds. The fraction of sp³-hybridized carbons (Fsp3) is 0.381. The monoisotopic (exact) mass is 379 g/mol. The molecule has 1 saturated heterocycles. The predicted octanol–water partition coefficient (Wildman–Crippen LogP) is 2.35. The van der Waals surface area contributed by atoms with Gasteiger partial charge in [0, 0.05) is 44.2 Å². The van der Waals surface area contributed by atoms with Crippen LogP contribution >= 0.6 is 0 Å². The minimum atomic E-state index is 0.00830. The number of aryl methyl sites for hydroxylation is 2. The minimum Gasteiger partial charge on any atom is -0.378 e. The Hall–Kier alpha value is -2.93. The molecular formula is C21H25N5O2. The molecular weight excluding hydrogens is 354 g/mol. The Labute approximate surface area is 164 Å². The summed E-state index contributed by atoms with van der Waals surface area (Å²) in [6.45, 7) is 5.57. The van der Waals surface area contributed by atoms with E-state index >= 15 is 0 Å². The van der Waals surface area contributed by atoms with Crippen LogP contribution < -0.4 is 10.2 Å². The third-order valence-corrected chi connectivity index (χ3v) is 5.01. The Morgan fingerprint density at radius 3 is 2.93 bits per heavy atom. The van der Waals surface area contributed by atoms with Crippen LogP contribution in [0.15, 0.2) is 36.5 Å². The molecule has 3 aromatic rings. The van der Waals surface area contributed by atoms with Gasteiger partial charge in [-0.25, -0.2) is 9.97 Å². The molecule has 28 heavy (non-hydrogen) atoms. The number of rotatable bonds is 6. The van der Waals surface area contributed by atoms with E-state index in [2.05, 4.69) is 25.2 Å². The molecule has 0 aliphatic carbocycles. The number of ether oxygens (including phenoxy) is 1. The third kappa shape index (κ3) is 4.14. The average Bonchev–Trinajstić information content (AvgIpc) is 3.16. The molecule has 1 fully saturated rings. The van der Waals surface area contributed by atoms with E-state index in [0.29, 0.717) is 32.6 Å². The van der Waals surface area contributed by atoms with E-state index in [-0.39, 0.29) is 5.91 Å². The first-order valence-corrected chi connectivity index (χ1v) is 9.68. The van der Waals surface area contributed by atoms with Crippen LogP contribution in [0.25, 0.3) is 11.0 Å². The molecule has 2 N–H and O–H groups in total. The topological polar surface area (TPSA) is 83.1 Å². The van der Waals surface area contributed by atoms with E-state index in [0.717, 1.165) is 46.9 Å². The SMILES string of the molecule is Cc1cccc2[nH]c(CCC(=O)NCc3cccnc3N3CCOCC3)nc12. The molecule has 0 saturated carbocycles. The zero-order chi connectivity index (χ0) is 19.3. The summed E-state index contributed by atoms with van der Waals surface area (Å²) in [6.07, 6.45) is 2.77. The van der Waals surface area contributed by atoms with Crippen molar-refractivity contribution in [3.05, 3.63) is 53.5 Å². The lowest BCUT2D eigenvalue weighted by Gasteiger charge is -2.29. The number of fused-ring (bicyclic) bond motifs is 1. The van der Waals surface area contributed by atoms with E-state index in [4.69, 9.17) is 4.74 Å². The van der Waals surface area contributed by atoms with Crippen molar-refractivity contribution in [2.45, 2.75) is 26.3 Å². The second kappa shape index (κ2) is 8.39. The van der Waals surface area contributed by atoms with Gasteiger partial charge >= 0.3 is 0 Å². The normalized spacial score (nSPS) is 14.4. The number of imidazole rings is 1. The molecule has 4 rings (SSSR count). The van der Waals surface area contributed by atoms with E-state index in [1.54, 1.807) is 6.20 Å². The molecule has 1 aromatic carbocycles. The van der Waals surface area contributed by atoms with Gasteiger partial charge in [-0.05, 0) is 24.6 Å². The number of nitrogens with one attached hydrogen (secondary N) is 2. The van der Waals surface area contributed by atoms with Gasteiger partial charge in [0.1, 0.15) is 11.6 Å². The Morgan fingerprint density at radius 2 is 2.11 bits per heavy atom. The van der Waals surface area contributed by atoms with Crippen LogP contribution in [0, 0.1) is 6.92 Å². The Bertz CT molecular complexity index is 962. The second-order valence-electron chi connectivity index (χ2n) is 7.02. The summed E-state index contributed by atoms with van der Waals surface area (Å²) in [7, 11) is 0. The minimum absolute atomic E-state index is 0.00830. The zero-order valence-corrected chi connectivity index (χ0v) is 16.1. The maximum absolute atomic E-state index is 12.4. The predicted molar refractivity (Wildman–Crippen MR) is 108 cm³/mol. The number of aromatic amines is 1. The van der Waals surface area contributed by atoms with Crippen molar-refractivity contribution < 1.29 is 9.53 Å². The van der Waals surface area contributed by atoms with E-state index in [1.165, 1.54) is 0 Å². The van der Waals surface area contributed by atoms with E-state index < -0.39 is 0 Å². The van der Waals surface area contributed by atoms with Crippen molar-refractivity contribution >= 4 is 22.8 Å². The molecule has 0 spiro atoms. The van der Waals surface area contributed by atoms with Crippen LogP contribution in [-0.2, 0) is 22.5 Å². The third-order valence-electron chi connectivity index (χ3n) is 5.01. The summed E-state index contributed by atoms with van der Waals surface area (Å²) in [4.78, 5) is 27.0. The van der Waals surface area contributed by atoms with Gasteiger partial charge in [0.15, 0.2) is 0 Å². The molecule has 1 aliphatic heterocycles. The number of hydrogen-bond acceptors (Lipinski definition) is 5. The summed E-state index contributed by atoms with van der Waals surface area (Å²) < 4.78 is 5.41. The number of hydrogen-bond donors (Lipinski definition) is 2. The number of anilines is 1. The fourth-order valence-corrected chi connectivity index (χ4v) is 3.49. The first-order valence-electron chi connectivity index (χ1n) is 9.68. The first-order chi connectivity index (χ1) is 13.7. The van der Waals surface area contributed by atoms with Gasteiger partial charge in [-0.15, -0.1) is 0 Å². The van der Waals surface area contributed by atoms with Gasteiger partial charge < -0.3 is 19.9 Å².